The number of rotatable bonds is 1. The van der Waals surface area contributed by atoms with E-state index in [0.29, 0.717) is 0 Å². The van der Waals surface area contributed by atoms with Gasteiger partial charge in [0.15, 0.2) is 0 Å². The summed E-state index contributed by atoms with van der Waals surface area (Å²) < 4.78 is 1.77. The minimum atomic E-state index is 0. The van der Waals surface area contributed by atoms with Crippen LogP contribution >= 0.6 is 0 Å². The molecule has 0 bridgehead atoms. The Balaban J connectivity index is 0.00000121. The average Bonchev–Trinajstić information content (AvgIpc) is 2.96. The molecule has 0 radical (unpaired) electrons. The number of fused-ring (bicyclic) bond motifs is 3. The molecule has 100 valence electrons. The van der Waals surface area contributed by atoms with Crippen molar-refractivity contribution >= 4 is 16.4 Å². The van der Waals surface area contributed by atoms with E-state index < -0.39 is 0 Å². The Bertz CT molecular complexity index is 869. The fourth-order valence-electron chi connectivity index (χ4n) is 2.42. The second-order valence-corrected chi connectivity index (χ2v) is 4.39. The van der Waals surface area contributed by atoms with Gasteiger partial charge in [-0.1, -0.05) is 52.7 Å². The van der Waals surface area contributed by atoms with Crippen LogP contribution in [0.1, 0.15) is 0 Å². The molecule has 4 rings (SSSR count). The van der Waals surface area contributed by atoms with Crippen LogP contribution < -0.4 is 0 Å². The molecule has 2 heterocycles. The molecule has 0 spiro atoms. The number of aromatic nitrogens is 3. The van der Waals surface area contributed by atoms with Gasteiger partial charge < -0.3 is 0 Å². The largest absolute Gasteiger partial charge is 0.264 e. The first kappa shape index (κ1) is 13.0. The third kappa shape index (κ3) is 1.95. The van der Waals surface area contributed by atoms with Crippen LogP contribution in [0, 0.1) is 6.07 Å². The molecular weight excluding hydrogens is 429 g/mol. The van der Waals surface area contributed by atoms with E-state index >= 15 is 0 Å². The first-order valence-electron chi connectivity index (χ1n) is 6.12. The fourth-order valence-corrected chi connectivity index (χ4v) is 2.42. The maximum absolute atomic E-state index is 4.30. The van der Waals surface area contributed by atoms with Gasteiger partial charge >= 0.3 is 0 Å². The molecule has 20 heavy (non-hydrogen) atoms. The van der Waals surface area contributed by atoms with E-state index in [-0.39, 0.29) is 21.1 Å². The van der Waals surface area contributed by atoms with Crippen molar-refractivity contribution in [1.29, 1.82) is 0 Å². The Hall–Kier alpha value is -1.99. The van der Waals surface area contributed by atoms with E-state index in [1.54, 1.807) is 10.8 Å². The smallest absolute Gasteiger partial charge is 0.127 e. The van der Waals surface area contributed by atoms with Gasteiger partial charge in [0.1, 0.15) is 6.33 Å². The van der Waals surface area contributed by atoms with Gasteiger partial charge in [-0.3, -0.25) is 9.50 Å². The Labute approximate surface area is 130 Å². The molecule has 0 fully saturated rings. The molecule has 3 nitrogen and oxygen atoms in total. The normalized spacial score (nSPS) is 10.6. The maximum atomic E-state index is 4.30. The van der Waals surface area contributed by atoms with Crippen LogP contribution in [-0.2, 0) is 21.1 Å². The van der Waals surface area contributed by atoms with Gasteiger partial charge in [0, 0.05) is 27.3 Å². The second kappa shape index (κ2) is 5.18. The summed E-state index contributed by atoms with van der Waals surface area (Å²) in [7, 11) is 0. The predicted molar refractivity (Wildman–Crippen MR) is 74.8 cm³/mol. The zero-order valence-electron chi connectivity index (χ0n) is 10.4. The molecule has 2 aromatic carbocycles. The summed E-state index contributed by atoms with van der Waals surface area (Å²) in [5.41, 5.74) is 3.24. The molecule has 0 saturated carbocycles. The van der Waals surface area contributed by atoms with Crippen LogP contribution in [0.25, 0.3) is 27.5 Å². The zero-order chi connectivity index (χ0) is 12.7. The molecule has 4 aromatic rings. The van der Waals surface area contributed by atoms with Crippen molar-refractivity contribution in [2.45, 2.75) is 0 Å². The van der Waals surface area contributed by atoms with Gasteiger partial charge in [-0.25, -0.2) is 0 Å². The summed E-state index contributed by atoms with van der Waals surface area (Å²) >= 11 is 0. The molecule has 0 atom stereocenters. The number of benzene rings is 2. The molecule has 0 aliphatic carbocycles. The van der Waals surface area contributed by atoms with E-state index in [9.17, 15) is 0 Å². The molecular formula is C16H10N3Pt-. The van der Waals surface area contributed by atoms with Gasteiger partial charge in [-0.2, -0.15) is 5.10 Å². The Morgan fingerprint density at radius 3 is 2.70 bits per heavy atom. The monoisotopic (exact) mass is 439 g/mol. The quantitative estimate of drug-likeness (QED) is 0.426. The summed E-state index contributed by atoms with van der Waals surface area (Å²) in [5.74, 6) is 0. The van der Waals surface area contributed by atoms with Crippen molar-refractivity contribution in [3.8, 4) is 11.1 Å². The van der Waals surface area contributed by atoms with Gasteiger partial charge in [-0.15, -0.1) is 18.2 Å². The van der Waals surface area contributed by atoms with Gasteiger partial charge in [0.2, 0.25) is 0 Å². The van der Waals surface area contributed by atoms with Crippen molar-refractivity contribution in [3.63, 3.8) is 0 Å². The van der Waals surface area contributed by atoms with E-state index in [2.05, 4.69) is 40.4 Å². The van der Waals surface area contributed by atoms with Crippen molar-refractivity contribution in [1.82, 2.24) is 14.6 Å². The molecule has 0 N–H and O–H groups in total. The molecule has 0 aliphatic heterocycles. The second-order valence-electron chi connectivity index (χ2n) is 4.39. The summed E-state index contributed by atoms with van der Waals surface area (Å²) in [4.78, 5) is 4.30. The first-order chi connectivity index (χ1) is 9.43. The van der Waals surface area contributed by atoms with Gasteiger partial charge in [-0.05, 0) is 5.56 Å². The zero-order valence-corrected chi connectivity index (χ0v) is 12.7. The molecule has 0 aliphatic rings. The van der Waals surface area contributed by atoms with Crippen molar-refractivity contribution in [2.24, 2.45) is 0 Å². The predicted octanol–water partition coefficient (Wildman–Crippen LogP) is 3.35. The number of pyridine rings is 1. The van der Waals surface area contributed by atoms with Crippen molar-refractivity contribution in [2.75, 3.05) is 0 Å². The Kier molecular flexibility index (Phi) is 3.37. The number of nitrogens with zero attached hydrogens (tertiary/aromatic N) is 3. The molecule has 2 aromatic heterocycles. The Morgan fingerprint density at radius 1 is 1.00 bits per heavy atom. The average molecular weight is 439 g/mol. The molecule has 4 heteroatoms. The van der Waals surface area contributed by atoms with E-state index in [0.717, 1.165) is 16.4 Å². The SMILES string of the molecule is [Pt].[c-]1ccc(-c2ccccc2)c2ccn3ncnc3c12. The minimum absolute atomic E-state index is 0. The summed E-state index contributed by atoms with van der Waals surface area (Å²) in [5, 5.41) is 6.31. The maximum Gasteiger partial charge on any atom is 0.127 e. The third-order valence-corrected chi connectivity index (χ3v) is 3.30. The number of hydrogen-bond acceptors (Lipinski definition) is 2. The van der Waals surface area contributed by atoms with Gasteiger partial charge in [0.05, 0.1) is 5.65 Å². The van der Waals surface area contributed by atoms with Gasteiger partial charge in [0.25, 0.3) is 0 Å². The first-order valence-corrected chi connectivity index (χ1v) is 6.12. The molecule has 0 saturated heterocycles. The van der Waals surface area contributed by atoms with Crippen molar-refractivity contribution in [3.05, 3.63) is 67.1 Å². The third-order valence-electron chi connectivity index (χ3n) is 3.30. The summed E-state index contributed by atoms with van der Waals surface area (Å²) in [6.45, 7) is 0. The van der Waals surface area contributed by atoms with Crippen LogP contribution in [0.3, 0.4) is 0 Å². The summed E-state index contributed by atoms with van der Waals surface area (Å²) in [6.07, 6.45) is 3.50. The van der Waals surface area contributed by atoms with E-state index in [1.165, 1.54) is 11.1 Å². The van der Waals surface area contributed by atoms with E-state index in [1.807, 2.05) is 30.5 Å². The van der Waals surface area contributed by atoms with Crippen LogP contribution in [0.15, 0.2) is 61.1 Å². The molecule has 0 amide bonds. The van der Waals surface area contributed by atoms with Crippen molar-refractivity contribution < 1.29 is 21.1 Å². The van der Waals surface area contributed by atoms with Crippen LogP contribution in [0.4, 0.5) is 0 Å². The summed E-state index contributed by atoms with van der Waals surface area (Å²) in [6, 6.07) is 19.7. The Morgan fingerprint density at radius 2 is 1.85 bits per heavy atom. The number of hydrogen-bond donors (Lipinski definition) is 0. The topological polar surface area (TPSA) is 30.2 Å². The van der Waals surface area contributed by atoms with Crippen LogP contribution in [0.5, 0.6) is 0 Å². The fraction of sp³-hybridized carbons (Fsp3) is 0. The molecule has 0 unspecified atom stereocenters. The standard InChI is InChI=1S/C16H10N3.Pt/c1-2-5-12(6-3-1)13-7-4-8-15-14(13)9-10-19-16(15)17-11-18-19;/h1-7,9-11H;/q-1;. The van der Waals surface area contributed by atoms with Crippen LogP contribution in [0.2, 0.25) is 0 Å². The minimum Gasteiger partial charge on any atom is -0.264 e. The van der Waals surface area contributed by atoms with Crippen LogP contribution in [-0.4, -0.2) is 14.6 Å². The van der Waals surface area contributed by atoms with E-state index in [4.69, 9.17) is 0 Å².